The van der Waals surface area contributed by atoms with Crippen LogP contribution in [0.3, 0.4) is 0 Å². The molecule has 0 bridgehead atoms. The number of sulfonamides is 1. The van der Waals surface area contributed by atoms with E-state index in [1.807, 2.05) is 30.9 Å². The highest BCUT2D eigenvalue weighted by atomic mass is 32.2. The molecule has 1 aliphatic carbocycles. The molecule has 0 unspecified atom stereocenters. The van der Waals surface area contributed by atoms with Crippen molar-refractivity contribution in [3.63, 3.8) is 0 Å². The summed E-state index contributed by atoms with van der Waals surface area (Å²) >= 11 is 0. The molecule has 160 valence electrons. The van der Waals surface area contributed by atoms with E-state index in [9.17, 15) is 13.2 Å². The molecule has 0 atom stereocenters. The summed E-state index contributed by atoms with van der Waals surface area (Å²) in [6, 6.07) is 5.43. The van der Waals surface area contributed by atoms with Gasteiger partial charge >= 0.3 is 0 Å². The predicted molar refractivity (Wildman–Crippen MR) is 115 cm³/mol. The van der Waals surface area contributed by atoms with E-state index in [-0.39, 0.29) is 5.91 Å². The fraction of sp³-hybridized carbons (Fsp3) is 0.591. The minimum atomic E-state index is -3.49. The lowest BCUT2D eigenvalue weighted by Crippen LogP contribution is -2.51. The molecular weight excluding hydrogens is 386 g/mol. The highest BCUT2D eigenvalue weighted by Crippen LogP contribution is 2.22. The van der Waals surface area contributed by atoms with Gasteiger partial charge in [-0.25, -0.2) is 8.42 Å². The first kappa shape index (κ1) is 22.0. The molecule has 3 rings (SSSR count). The number of amides is 1. The van der Waals surface area contributed by atoms with Gasteiger partial charge in [-0.15, -0.1) is 0 Å². The predicted octanol–water partition coefficient (Wildman–Crippen LogP) is 2.62. The van der Waals surface area contributed by atoms with Crippen molar-refractivity contribution in [2.75, 3.05) is 39.3 Å². The number of hydrogen-bond donors (Lipinski definition) is 1. The Bertz CT molecular complexity index is 856. The van der Waals surface area contributed by atoms with Crippen molar-refractivity contribution >= 4 is 15.9 Å². The third-order valence-corrected chi connectivity index (χ3v) is 7.86. The summed E-state index contributed by atoms with van der Waals surface area (Å²) in [5, 5.41) is 3.00. The Labute approximate surface area is 175 Å². The lowest BCUT2D eigenvalue weighted by Gasteiger charge is -2.33. The van der Waals surface area contributed by atoms with Gasteiger partial charge in [-0.1, -0.05) is 29.3 Å². The summed E-state index contributed by atoms with van der Waals surface area (Å²) < 4.78 is 27.5. The first-order valence-electron chi connectivity index (χ1n) is 10.6. The average molecular weight is 420 g/mol. The summed E-state index contributed by atoms with van der Waals surface area (Å²) in [5.41, 5.74) is 3.29. The first-order valence-corrected chi connectivity index (χ1v) is 12.0. The maximum Gasteiger partial charge on any atom is 0.243 e. The minimum absolute atomic E-state index is 0.0205. The molecule has 0 radical (unpaired) electrons. The van der Waals surface area contributed by atoms with Crippen LogP contribution in [0.5, 0.6) is 0 Å². The lowest BCUT2D eigenvalue weighted by atomic mass is 9.97. The van der Waals surface area contributed by atoms with Crippen molar-refractivity contribution in [2.45, 2.75) is 50.8 Å². The molecule has 1 heterocycles. The molecular formula is C22H33N3O3S. The van der Waals surface area contributed by atoms with Gasteiger partial charge in [0, 0.05) is 32.7 Å². The van der Waals surface area contributed by atoms with Gasteiger partial charge in [-0.3, -0.25) is 9.69 Å². The maximum absolute atomic E-state index is 13.0. The molecule has 29 heavy (non-hydrogen) atoms. The van der Waals surface area contributed by atoms with Crippen LogP contribution < -0.4 is 5.32 Å². The lowest BCUT2D eigenvalue weighted by molar-refractivity contribution is -0.122. The first-order chi connectivity index (χ1) is 13.9. The Morgan fingerprint density at radius 2 is 1.86 bits per heavy atom. The van der Waals surface area contributed by atoms with Crippen molar-refractivity contribution in [3.8, 4) is 0 Å². The monoisotopic (exact) mass is 419 g/mol. The largest absolute Gasteiger partial charge is 0.355 e. The standard InChI is InChI=1S/C22H33N3O3S/c1-18-8-9-21(19(2)16-18)29(27,28)25-14-12-24(13-15-25)17-22(26)23-11-10-20-6-4-3-5-7-20/h6,8-9,16H,3-5,7,10-15,17H2,1-2H3,(H,23,26). The number of nitrogens with one attached hydrogen (secondary N) is 1. The third kappa shape index (κ3) is 5.90. The summed E-state index contributed by atoms with van der Waals surface area (Å²) in [6.07, 6.45) is 8.11. The molecule has 1 aromatic rings. The van der Waals surface area contributed by atoms with Crippen LogP contribution in [-0.2, 0) is 14.8 Å². The summed E-state index contributed by atoms with van der Waals surface area (Å²) in [7, 11) is -3.49. The van der Waals surface area contributed by atoms with Crippen LogP contribution >= 0.6 is 0 Å². The molecule has 1 saturated heterocycles. The maximum atomic E-state index is 13.0. The Kier molecular flexibility index (Phi) is 7.49. The zero-order valence-corrected chi connectivity index (χ0v) is 18.4. The average Bonchev–Trinajstić information content (AvgIpc) is 2.69. The number of carbonyl (C=O) groups excluding carboxylic acids is 1. The topological polar surface area (TPSA) is 69.7 Å². The van der Waals surface area contributed by atoms with Crippen molar-refractivity contribution in [1.29, 1.82) is 0 Å². The number of carbonyl (C=O) groups is 1. The molecule has 1 aromatic carbocycles. The molecule has 0 saturated carbocycles. The van der Waals surface area contributed by atoms with E-state index in [0.29, 0.717) is 44.2 Å². The molecule has 7 heteroatoms. The Hall–Kier alpha value is -1.70. The number of benzene rings is 1. The number of allylic oxidation sites excluding steroid dienone is 1. The third-order valence-electron chi connectivity index (χ3n) is 5.80. The molecule has 0 spiro atoms. The Morgan fingerprint density at radius 1 is 1.10 bits per heavy atom. The zero-order valence-electron chi connectivity index (χ0n) is 17.6. The van der Waals surface area contributed by atoms with Crippen molar-refractivity contribution in [2.24, 2.45) is 0 Å². The van der Waals surface area contributed by atoms with E-state index in [1.54, 1.807) is 6.07 Å². The summed E-state index contributed by atoms with van der Waals surface area (Å²) in [4.78, 5) is 14.6. The second-order valence-electron chi connectivity index (χ2n) is 8.16. The van der Waals surface area contributed by atoms with Gasteiger partial charge < -0.3 is 5.32 Å². The highest BCUT2D eigenvalue weighted by molar-refractivity contribution is 7.89. The van der Waals surface area contributed by atoms with Crippen LogP contribution in [0, 0.1) is 13.8 Å². The Balaban J connectivity index is 1.45. The van der Waals surface area contributed by atoms with E-state index in [2.05, 4.69) is 11.4 Å². The fourth-order valence-electron chi connectivity index (χ4n) is 4.11. The molecule has 6 nitrogen and oxygen atoms in total. The second-order valence-corrected chi connectivity index (χ2v) is 10.1. The van der Waals surface area contributed by atoms with Crippen molar-refractivity contribution < 1.29 is 13.2 Å². The van der Waals surface area contributed by atoms with E-state index >= 15 is 0 Å². The fourth-order valence-corrected chi connectivity index (χ4v) is 5.74. The van der Waals surface area contributed by atoms with Crippen LogP contribution in [-0.4, -0.2) is 62.8 Å². The van der Waals surface area contributed by atoms with E-state index < -0.39 is 10.0 Å². The number of rotatable bonds is 7. The SMILES string of the molecule is Cc1ccc(S(=O)(=O)N2CCN(CC(=O)NCCC3=CCCCC3)CC2)c(C)c1. The number of nitrogens with zero attached hydrogens (tertiary/aromatic N) is 2. The van der Waals surface area contributed by atoms with Gasteiger partial charge in [0.1, 0.15) is 0 Å². The van der Waals surface area contributed by atoms with Gasteiger partial charge in [-0.05, 0) is 57.6 Å². The minimum Gasteiger partial charge on any atom is -0.355 e. The quantitative estimate of drug-likeness (QED) is 0.690. The summed E-state index contributed by atoms with van der Waals surface area (Å²) in [6.45, 7) is 6.78. The second kappa shape index (κ2) is 9.87. The van der Waals surface area contributed by atoms with E-state index in [4.69, 9.17) is 0 Å². The zero-order chi connectivity index (χ0) is 20.9. The molecule has 1 fully saturated rings. The molecule has 2 aliphatic rings. The molecule has 1 aliphatic heterocycles. The number of hydrogen-bond acceptors (Lipinski definition) is 4. The van der Waals surface area contributed by atoms with Crippen molar-refractivity contribution in [3.05, 3.63) is 41.0 Å². The number of piperazine rings is 1. The van der Waals surface area contributed by atoms with Gasteiger partial charge in [0.2, 0.25) is 15.9 Å². The van der Waals surface area contributed by atoms with Gasteiger partial charge in [0.05, 0.1) is 11.4 Å². The van der Waals surface area contributed by atoms with Crippen LogP contribution in [0.4, 0.5) is 0 Å². The Morgan fingerprint density at radius 3 is 2.52 bits per heavy atom. The van der Waals surface area contributed by atoms with Crippen LogP contribution in [0.15, 0.2) is 34.7 Å². The van der Waals surface area contributed by atoms with E-state index in [0.717, 1.165) is 24.0 Å². The van der Waals surface area contributed by atoms with Gasteiger partial charge in [0.15, 0.2) is 0 Å². The number of aryl methyl sites for hydroxylation is 2. The van der Waals surface area contributed by atoms with E-state index in [1.165, 1.54) is 29.1 Å². The van der Waals surface area contributed by atoms with Crippen LogP contribution in [0.25, 0.3) is 0 Å². The molecule has 1 N–H and O–H groups in total. The van der Waals surface area contributed by atoms with Crippen molar-refractivity contribution in [1.82, 2.24) is 14.5 Å². The smallest absolute Gasteiger partial charge is 0.243 e. The molecule has 1 amide bonds. The normalized spacial score (nSPS) is 19.0. The van der Waals surface area contributed by atoms with Gasteiger partial charge in [-0.2, -0.15) is 4.31 Å². The highest BCUT2D eigenvalue weighted by Gasteiger charge is 2.30. The molecule has 0 aromatic heterocycles. The van der Waals surface area contributed by atoms with Gasteiger partial charge in [0.25, 0.3) is 0 Å². The van der Waals surface area contributed by atoms with Crippen LogP contribution in [0.1, 0.15) is 43.2 Å². The summed E-state index contributed by atoms with van der Waals surface area (Å²) in [5.74, 6) is 0.0205. The van der Waals surface area contributed by atoms with Crippen LogP contribution in [0.2, 0.25) is 0 Å².